The molecule has 2 aromatic rings. The van der Waals surface area contributed by atoms with Crippen molar-refractivity contribution >= 4 is 15.7 Å². The summed E-state index contributed by atoms with van der Waals surface area (Å²) in [7, 11) is -3.16. The van der Waals surface area contributed by atoms with Crippen LogP contribution in [-0.4, -0.2) is 48.3 Å². The van der Waals surface area contributed by atoms with Crippen LogP contribution in [0.3, 0.4) is 0 Å². The van der Waals surface area contributed by atoms with Gasteiger partial charge in [0.1, 0.15) is 11.9 Å². The number of sulfone groups is 1. The Hall–Kier alpha value is -3.04. The number of hydrogen-bond acceptors (Lipinski definition) is 7. The molecule has 2 aliphatic rings. The molecule has 12 heteroatoms. The summed E-state index contributed by atoms with van der Waals surface area (Å²) in [4.78, 5) is 19.5. The van der Waals surface area contributed by atoms with E-state index in [-0.39, 0.29) is 18.4 Å². The highest BCUT2D eigenvalue weighted by atomic mass is 32.2. The number of alkyl halides is 3. The fourth-order valence-corrected chi connectivity index (χ4v) is 6.27. The molecule has 0 bridgehead atoms. The van der Waals surface area contributed by atoms with Crippen molar-refractivity contribution in [3.63, 3.8) is 0 Å². The topological polar surface area (TPSA) is 122 Å². The van der Waals surface area contributed by atoms with E-state index >= 15 is 0 Å². The minimum absolute atomic E-state index is 0.122. The maximum absolute atomic E-state index is 13.9. The zero-order valence-corrected chi connectivity index (χ0v) is 18.9. The number of benzene rings is 1. The highest BCUT2D eigenvalue weighted by Gasteiger charge is 2.51. The molecule has 0 aliphatic heterocycles. The van der Waals surface area contributed by atoms with Crippen molar-refractivity contribution in [1.82, 2.24) is 15.3 Å². The van der Waals surface area contributed by atoms with Crippen LogP contribution in [0.5, 0.6) is 0 Å². The van der Waals surface area contributed by atoms with Crippen LogP contribution in [0.2, 0.25) is 0 Å². The summed E-state index contributed by atoms with van der Waals surface area (Å²) in [5, 5.41) is 10.6. The molecule has 180 valence electrons. The maximum atomic E-state index is 13.9. The smallest absolute Gasteiger partial charge is 0.381 e. The number of halogens is 3. The highest BCUT2D eigenvalue weighted by Crippen LogP contribution is 2.42. The number of carbonyl (C=O) groups excluding carboxylic acids is 1. The van der Waals surface area contributed by atoms with Crippen molar-refractivity contribution in [2.45, 2.75) is 53.6 Å². The number of nitrogens with zero attached hydrogens (tertiary/aromatic N) is 3. The summed E-state index contributed by atoms with van der Waals surface area (Å²) in [5.74, 6) is -1.43. The molecule has 4 rings (SSSR count). The maximum Gasteiger partial charge on any atom is 0.417 e. The van der Waals surface area contributed by atoms with Crippen molar-refractivity contribution in [2.75, 3.05) is 7.11 Å². The summed E-state index contributed by atoms with van der Waals surface area (Å²) in [5.41, 5.74) is -1.82. The fraction of sp³-hybridized carbons (Fsp3) is 0.455. The molecular weight excluding hydrogens is 473 g/mol. The van der Waals surface area contributed by atoms with Gasteiger partial charge in [0.2, 0.25) is 5.91 Å². The lowest BCUT2D eigenvalue weighted by Gasteiger charge is -2.19. The van der Waals surface area contributed by atoms with Gasteiger partial charge >= 0.3 is 6.18 Å². The van der Waals surface area contributed by atoms with E-state index in [1.165, 1.54) is 31.9 Å². The van der Waals surface area contributed by atoms with Gasteiger partial charge in [0.05, 0.1) is 33.8 Å². The van der Waals surface area contributed by atoms with Gasteiger partial charge in [-0.1, -0.05) is 6.07 Å². The molecule has 2 fully saturated rings. The molecule has 1 aromatic heterocycles. The van der Waals surface area contributed by atoms with Gasteiger partial charge in [0.15, 0.2) is 9.84 Å². The lowest BCUT2D eigenvalue weighted by molar-refractivity contribution is -0.139. The minimum Gasteiger partial charge on any atom is -0.381 e. The number of nitrogens with one attached hydrogen (secondary N) is 1. The number of hydrogen-bond donors (Lipinski definition) is 1. The standard InChI is InChI=1S/C22H21F3N4O4S/c1-33-18-8-15(7-16(18)20(30)29-21(11-26)4-5-21)34(31,32)19-3-2-13(6-17(19)22(23,24)25)14-9-27-12-28-10-14/h2-3,6,9-10,12,15-16,18H,4-5,7-8H2,1H3,(H,29,30)/t15-,16-,18-/m0/s1. The van der Waals surface area contributed by atoms with Gasteiger partial charge in [0, 0.05) is 25.1 Å². The molecule has 0 unspecified atom stereocenters. The van der Waals surface area contributed by atoms with E-state index in [0.717, 1.165) is 12.1 Å². The van der Waals surface area contributed by atoms with Gasteiger partial charge in [-0.05, 0) is 43.4 Å². The van der Waals surface area contributed by atoms with Crippen molar-refractivity contribution in [1.29, 1.82) is 5.26 Å². The van der Waals surface area contributed by atoms with E-state index < -0.39 is 55.2 Å². The Kier molecular flexibility index (Phi) is 6.12. The molecular formula is C22H21F3N4O4S. The molecule has 2 aliphatic carbocycles. The van der Waals surface area contributed by atoms with Gasteiger partial charge < -0.3 is 10.1 Å². The molecule has 1 heterocycles. The average Bonchev–Trinajstić information content (AvgIpc) is 3.44. The second-order valence-corrected chi connectivity index (χ2v) is 10.7. The van der Waals surface area contributed by atoms with Gasteiger partial charge in [-0.2, -0.15) is 18.4 Å². The predicted molar refractivity (Wildman–Crippen MR) is 113 cm³/mol. The normalized spacial score (nSPS) is 23.8. The Bertz CT molecular complexity index is 1240. The third-order valence-electron chi connectivity index (χ3n) is 6.35. The second-order valence-electron chi connectivity index (χ2n) is 8.54. The van der Waals surface area contributed by atoms with Crippen molar-refractivity contribution < 1.29 is 31.1 Å². The highest BCUT2D eigenvalue weighted by molar-refractivity contribution is 7.92. The number of carbonyl (C=O) groups is 1. The molecule has 0 spiro atoms. The number of ether oxygens (including phenoxy) is 1. The van der Waals surface area contributed by atoms with Crippen LogP contribution in [0.25, 0.3) is 11.1 Å². The Morgan fingerprint density at radius 1 is 1.21 bits per heavy atom. The van der Waals surface area contributed by atoms with E-state index in [1.54, 1.807) is 0 Å². The second kappa shape index (κ2) is 8.63. The van der Waals surface area contributed by atoms with Crippen LogP contribution in [0, 0.1) is 17.2 Å². The minimum atomic E-state index is -4.94. The quantitative estimate of drug-likeness (QED) is 0.655. The largest absolute Gasteiger partial charge is 0.417 e. The van der Waals surface area contributed by atoms with Crippen molar-refractivity contribution in [3.8, 4) is 17.2 Å². The van der Waals surface area contributed by atoms with Crippen LogP contribution < -0.4 is 5.32 Å². The summed E-state index contributed by atoms with van der Waals surface area (Å²) < 4.78 is 73.8. The third kappa shape index (κ3) is 4.50. The van der Waals surface area contributed by atoms with Gasteiger partial charge in [-0.15, -0.1) is 0 Å². The van der Waals surface area contributed by atoms with E-state index in [9.17, 15) is 31.6 Å². The van der Waals surface area contributed by atoms with Crippen LogP contribution in [0.1, 0.15) is 31.2 Å². The lowest BCUT2D eigenvalue weighted by Crippen LogP contribution is -2.42. The summed E-state index contributed by atoms with van der Waals surface area (Å²) in [6, 6.07) is 5.00. The summed E-state index contributed by atoms with van der Waals surface area (Å²) in [6.07, 6.45) is -1.21. The number of rotatable bonds is 6. The number of nitriles is 1. The number of amides is 1. The zero-order chi connectivity index (χ0) is 24.7. The lowest BCUT2D eigenvalue weighted by atomic mass is 10.0. The predicted octanol–water partition coefficient (Wildman–Crippen LogP) is 2.90. The number of methoxy groups -OCH3 is 1. The molecule has 34 heavy (non-hydrogen) atoms. The van der Waals surface area contributed by atoms with Gasteiger partial charge in [-0.3, -0.25) is 4.79 Å². The van der Waals surface area contributed by atoms with Gasteiger partial charge in [-0.25, -0.2) is 18.4 Å². The number of aromatic nitrogens is 2. The first-order chi connectivity index (χ1) is 16.0. The van der Waals surface area contributed by atoms with Crippen LogP contribution in [0.15, 0.2) is 41.8 Å². The zero-order valence-electron chi connectivity index (χ0n) is 18.0. The third-order valence-corrected chi connectivity index (χ3v) is 8.58. The summed E-state index contributed by atoms with van der Waals surface area (Å²) in [6.45, 7) is 0. The first kappa shape index (κ1) is 24.1. The summed E-state index contributed by atoms with van der Waals surface area (Å²) >= 11 is 0. The molecule has 8 nitrogen and oxygen atoms in total. The molecule has 0 radical (unpaired) electrons. The first-order valence-corrected chi connectivity index (χ1v) is 12.0. The first-order valence-electron chi connectivity index (χ1n) is 10.5. The molecule has 0 saturated heterocycles. The van der Waals surface area contributed by atoms with Gasteiger partial charge in [0.25, 0.3) is 0 Å². The van der Waals surface area contributed by atoms with E-state index in [1.807, 2.05) is 6.07 Å². The Morgan fingerprint density at radius 3 is 2.44 bits per heavy atom. The Labute approximate surface area is 194 Å². The fourth-order valence-electron chi connectivity index (χ4n) is 4.27. The SMILES string of the molecule is CO[C@H]1C[C@@H](S(=O)(=O)c2ccc(-c3cncnc3)cc2C(F)(F)F)C[C@@H]1C(=O)NC1(C#N)CC1. The van der Waals surface area contributed by atoms with Crippen LogP contribution >= 0.6 is 0 Å². The Balaban J connectivity index is 1.66. The average molecular weight is 494 g/mol. The van der Waals surface area contributed by atoms with E-state index in [4.69, 9.17) is 4.74 Å². The van der Waals surface area contributed by atoms with Crippen molar-refractivity contribution in [2.24, 2.45) is 5.92 Å². The van der Waals surface area contributed by atoms with Crippen LogP contribution in [-0.2, 0) is 25.5 Å². The van der Waals surface area contributed by atoms with Crippen molar-refractivity contribution in [3.05, 3.63) is 42.5 Å². The van der Waals surface area contributed by atoms with Crippen LogP contribution in [0.4, 0.5) is 13.2 Å². The Morgan fingerprint density at radius 2 is 1.88 bits per heavy atom. The molecule has 3 atom stereocenters. The van der Waals surface area contributed by atoms with E-state index in [0.29, 0.717) is 18.4 Å². The molecule has 2 saturated carbocycles. The molecule has 1 N–H and O–H groups in total. The monoisotopic (exact) mass is 494 g/mol. The molecule has 1 aromatic carbocycles. The van der Waals surface area contributed by atoms with E-state index in [2.05, 4.69) is 15.3 Å². The molecule has 1 amide bonds.